The number of benzene rings is 1. The molecule has 1 atom stereocenters. The lowest BCUT2D eigenvalue weighted by atomic mass is 9.82. The molecule has 1 unspecified atom stereocenters. The molecule has 0 saturated carbocycles. The van der Waals surface area contributed by atoms with Crippen molar-refractivity contribution in [3.63, 3.8) is 0 Å². The quantitative estimate of drug-likeness (QED) is 0.784. The number of aryl methyl sites for hydroxylation is 2. The van der Waals surface area contributed by atoms with Gasteiger partial charge in [0.1, 0.15) is 5.82 Å². The zero-order valence-corrected chi connectivity index (χ0v) is 12.0. The van der Waals surface area contributed by atoms with Crippen LogP contribution in [0.1, 0.15) is 40.7 Å². The average molecular weight is 273 g/mol. The molecule has 1 aliphatic rings. The van der Waals surface area contributed by atoms with E-state index < -0.39 is 0 Å². The van der Waals surface area contributed by atoms with Crippen molar-refractivity contribution in [2.75, 3.05) is 0 Å². The number of halogens is 1. The Morgan fingerprint density at radius 1 is 1.16 bits per heavy atom. The molecule has 0 radical (unpaired) electrons. The van der Waals surface area contributed by atoms with Gasteiger partial charge in [-0.2, -0.15) is 0 Å². The van der Waals surface area contributed by atoms with Crippen molar-refractivity contribution in [1.82, 2.24) is 9.97 Å². The molecule has 0 spiro atoms. The summed E-state index contributed by atoms with van der Waals surface area (Å²) in [5, 5.41) is 0.874. The maximum atomic E-state index is 6.31. The second-order valence-electron chi connectivity index (χ2n) is 5.24. The van der Waals surface area contributed by atoms with Gasteiger partial charge in [0.2, 0.25) is 0 Å². The van der Waals surface area contributed by atoms with E-state index in [1.807, 2.05) is 19.1 Å². The van der Waals surface area contributed by atoms with Gasteiger partial charge < -0.3 is 0 Å². The van der Waals surface area contributed by atoms with Gasteiger partial charge in [0.25, 0.3) is 0 Å². The first-order valence-corrected chi connectivity index (χ1v) is 7.10. The molecule has 0 N–H and O–H groups in total. The zero-order chi connectivity index (χ0) is 13.4. The maximum absolute atomic E-state index is 6.31. The van der Waals surface area contributed by atoms with E-state index in [1.165, 1.54) is 16.8 Å². The lowest BCUT2D eigenvalue weighted by Gasteiger charge is -2.26. The molecule has 2 aromatic rings. The molecule has 1 aliphatic carbocycles. The summed E-state index contributed by atoms with van der Waals surface area (Å²) >= 11 is 6.31. The van der Waals surface area contributed by atoms with Crippen LogP contribution in [0, 0.1) is 13.8 Å². The summed E-state index contributed by atoms with van der Waals surface area (Å²) in [7, 11) is 0. The van der Waals surface area contributed by atoms with Crippen molar-refractivity contribution in [3.05, 3.63) is 57.6 Å². The predicted octanol–water partition coefficient (Wildman–Crippen LogP) is 4.02. The number of aromatic nitrogens is 2. The predicted molar refractivity (Wildman–Crippen MR) is 77.7 cm³/mol. The third-order valence-electron chi connectivity index (χ3n) is 3.94. The molecular formula is C16H17ClN2. The monoisotopic (exact) mass is 272 g/mol. The Bertz CT molecular complexity index is 622. The van der Waals surface area contributed by atoms with Crippen molar-refractivity contribution in [3.8, 4) is 0 Å². The van der Waals surface area contributed by atoms with Crippen LogP contribution in [0.2, 0.25) is 5.02 Å². The molecule has 3 heteroatoms. The van der Waals surface area contributed by atoms with Crippen LogP contribution in [0.15, 0.2) is 24.3 Å². The number of hydrogen-bond acceptors (Lipinski definition) is 2. The van der Waals surface area contributed by atoms with Crippen LogP contribution >= 0.6 is 11.6 Å². The van der Waals surface area contributed by atoms with Crippen LogP contribution in [-0.2, 0) is 12.8 Å². The van der Waals surface area contributed by atoms with Crippen molar-refractivity contribution in [1.29, 1.82) is 0 Å². The molecule has 0 fully saturated rings. The highest BCUT2D eigenvalue weighted by Crippen LogP contribution is 2.35. The van der Waals surface area contributed by atoms with Crippen LogP contribution in [-0.4, -0.2) is 9.97 Å². The van der Waals surface area contributed by atoms with Crippen molar-refractivity contribution >= 4 is 11.6 Å². The van der Waals surface area contributed by atoms with E-state index in [1.54, 1.807) is 0 Å². The van der Waals surface area contributed by atoms with Gasteiger partial charge in [-0.3, -0.25) is 0 Å². The van der Waals surface area contributed by atoms with E-state index in [0.717, 1.165) is 35.8 Å². The number of rotatable bonds is 1. The summed E-state index contributed by atoms with van der Waals surface area (Å²) in [6.45, 7) is 4.05. The first-order valence-electron chi connectivity index (χ1n) is 6.72. The first-order chi connectivity index (χ1) is 9.15. The zero-order valence-electron chi connectivity index (χ0n) is 11.3. The second kappa shape index (κ2) is 4.93. The minimum absolute atomic E-state index is 0.481. The van der Waals surface area contributed by atoms with Gasteiger partial charge in [-0.15, -0.1) is 0 Å². The molecule has 1 heterocycles. The van der Waals surface area contributed by atoms with Gasteiger partial charge in [-0.1, -0.05) is 29.8 Å². The summed E-state index contributed by atoms with van der Waals surface area (Å²) < 4.78 is 0. The average Bonchev–Trinajstić information content (AvgIpc) is 2.38. The molecule has 3 rings (SSSR count). The van der Waals surface area contributed by atoms with E-state index in [0.29, 0.717) is 5.92 Å². The van der Waals surface area contributed by atoms with Gasteiger partial charge in [0, 0.05) is 16.4 Å². The van der Waals surface area contributed by atoms with Crippen LogP contribution in [0.3, 0.4) is 0 Å². The fraction of sp³-hybridized carbons (Fsp3) is 0.375. The van der Waals surface area contributed by atoms with E-state index in [-0.39, 0.29) is 0 Å². The largest absolute Gasteiger partial charge is 0.238 e. The fourth-order valence-electron chi connectivity index (χ4n) is 3.03. The first kappa shape index (κ1) is 12.6. The Hall–Kier alpha value is -1.41. The maximum Gasteiger partial charge on any atom is 0.125 e. The fourth-order valence-corrected chi connectivity index (χ4v) is 3.32. The van der Waals surface area contributed by atoms with Gasteiger partial charge in [0.15, 0.2) is 0 Å². The summed E-state index contributed by atoms with van der Waals surface area (Å²) in [4.78, 5) is 9.09. The van der Waals surface area contributed by atoms with E-state index in [9.17, 15) is 0 Å². The van der Waals surface area contributed by atoms with Crippen molar-refractivity contribution in [2.24, 2.45) is 0 Å². The van der Waals surface area contributed by atoms with Crippen LogP contribution < -0.4 is 0 Å². The topological polar surface area (TPSA) is 25.8 Å². The molecular weight excluding hydrogens is 256 g/mol. The van der Waals surface area contributed by atoms with E-state index in [2.05, 4.69) is 29.0 Å². The molecule has 0 amide bonds. The lowest BCUT2D eigenvalue weighted by molar-refractivity contribution is 0.564. The Kier molecular flexibility index (Phi) is 3.28. The van der Waals surface area contributed by atoms with E-state index >= 15 is 0 Å². The normalized spacial score (nSPS) is 18.2. The standard InChI is InChI=1S/C16H17ClN2/c1-10-13-8-7-12(9-16(13)19-11(2)18-10)14-5-3-4-6-15(14)17/h3-6,12H,7-9H2,1-2H3. The Labute approximate surface area is 118 Å². The molecule has 0 saturated heterocycles. The Morgan fingerprint density at radius 3 is 2.74 bits per heavy atom. The van der Waals surface area contributed by atoms with E-state index in [4.69, 9.17) is 11.6 Å². The highest BCUT2D eigenvalue weighted by molar-refractivity contribution is 6.31. The van der Waals surface area contributed by atoms with Gasteiger partial charge >= 0.3 is 0 Å². The number of fused-ring (bicyclic) bond motifs is 1. The second-order valence-corrected chi connectivity index (χ2v) is 5.65. The molecule has 1 aromatic carbocycles. The molecule has 2 nitrogen and oxygen atoms in total. The summed E-state index contributed by atoms with van der Waals surface area (Å²) in [5.74, 6) is 1.35. The van der Waals surface area contributed by atoms with Crippen LogP contribution in [0.4, 0.5) is 0 Å². The molecule has 98 valence electrons. The van der Waals surface area contributed by atoms with Crippen molar-refractivity contribution < 1.29 is 0 Å². The lowest BCUT2D eigenvalue weighted by Crippen LogP contribution is -2.17. The summed E-state index contributed by atoms with van der Waals surface area (Å²) in [5.41, 5.74) is 4.94. The minimum Gasteiger partial charge on any atom is -0.238 e. The molecule has 1 aromatic heterocycles. The molecule has 0 bridgehead atoms. The van der Waals surface area contributed by atoms with Gasteiger partial charge in [-0.25, -0.2) is 9.97 Å². The SMILES string of the molecule is Cc1nc(C)c2c(n1)CC(c1ccccc1Cl)CC2. The Morgan fingerprint density at radius 2 is 1.95 bits per heavy atom. The third kappa shape index (κ3) is 2.37. The highest BCUT2D eigenvalue weighted by atomic mass is 35.5. The van der Waals surface area contributed by atoms with Crippen molar-refractivity contribution in [2.45, 2.75) is 39.0 Å². The van der Waals surface area contributed by atoms with Crippen LogP contribution in [0.25, 0.3) is 0 Å². The molecule has 19 heavy (non-hydrogen) atoms. The van der Waals surface area contributed by atoms with Crippen LogP contribution in [0.5, 0.6) is 0 Å². The highest BCUT2D eigenvalue weighted by Gasteiger charge is 2.24. The minimum atomic E-state index is 0.481. The summed E-state index contributed by atoms with van der Waals surface area (Å²) in [6, 6.07) is 8.16. The van der Waals surface area contributed by atoms with Gasteiger partial charge in [-0.05, 0) is 56.2 Å². The number of hydrogen-bond donors (Lipinski definition) is 0. The molecule has 0 aliphatic heterocycles. The van der Waals surface area contributed by atoms with Gasteiger partial charge in [0.05, 0.1) is 0 Å². The summed E-state index contributed by atoms with van der Waals surface area (Å²) in [6.07, 6.45) is 3.16. The third-order valence-corrected chi connectivity index (χ3v) is 4.28. The smallest absolute Gasteiger partial charge is 0.125 e. The Balaban J connectivity index is 1.97. The number of nitrogens with zero attached hydrogens (tertiary/aromatic N) is 2.